The second kappa shape index (κ2) is 7.49. The van der Waals surface area contributed by atoms with Crippen LogP contribution in [0.2, 0.25) is 0 Å². The van der Waals surface area contributed by atoms with E-state index in [-0.39, 0.29) is 22.5 Å². The number of benzene rings is 2. The Kier molecular flexibility index (Phi) is 5.14. The van der Waals surface area contributed by atoms with E-state index in [2.05, 4.69) is 4.90 Å². The van der Waals surface area contributed by atoms with Gasteiger partial charge in [0, 0.05) is 24.2 Å². The molecule has 3 aromatic rings. The molecule has 136 valence electrons. The summed E-state index contributed by atoms with van der Waals surface area (Å²) in [6.45, 7) is 1.34. The van der Waals surface area contributed by atoms with Crippen LogP contribution in [0.3, 0.4) is 0 Å². The van der Waals surface area contributed by atoms with Crippen LogP contribution in [-0.4, -0.2) is 42.4 Å². The van der Waals surface area contributed by atoms with Crippen molar-refractivity contribution in [3.8, 4) is 28.6 Å². The van der Waals surface area contributed by atoms with E-state index in [0.717, 1.165) is 13.0 Å². The fourth-order valence-corrected chi connectivity index (χ4v) is 2.70. The van der Waals surface area contributed by atoms with E-state index < -0.39 is 11.2 Å². The van der Waals surface area contributed by atoms with E-state index in [1.54, 1.807) is 30.3 Å². The molecule has 1 heterocycles. The summed E-state index contributed by atoms with van der Waals surface area (Å²) in [5, 5.41) is 20.4. The number of aromatic hydroxyl groups is 2. The summed E-state index contributed by atoms with van der Waals surface area (Å²) >= 11 is 0. The molecule has 0 fully saturated rings. The minimum Gasteiger partial charge on any atom is -0.507 e. The quantitative estimate of drug-likeness (QED) is 0.661. The van der Waals surface area contributed by atoms with Gasteiger partial charge >= 0.3 is 0 Å². The highest BCUT2D eigenvalue weighted by atomic mass is 16.5. The Labute approximate surface area is 150 Å². The van der Waals surface area contributed by atoms with Gasteiger partial charge in [0.15, 0.2) is 5.76 Å². The fraction of sp³-hybridized carbons (Fsp3) is 0.250. The minimum absolute atomic E-state index is 0.0623. The van der Waals surface area contributed by atoms with Crippen molar-refractivity contribution < 1.29 is 19.4 Å². The van der Waals surface area contributed by atoms with E-state index in [1.807, 2.05) is 20.2 Å². The molecule has 2 aromatic carbocycles. The topological polar surface area (TPSA) is 83.1 Å². The normalized spacial score (nSPS) is 11.2. The van der Waals surface area contributed by atoms with Crippen molar-refractivity contribution in [2.75, 3.05) is 27.2 Å². The van der Waals surface area contributed by atoms with Gasteiger partial charge in [-0.2, -0.15) is 0 Å². The van der Waals surface area contributed by atoms with Gasteiger partial charge in [-0.1, -0.05) is 30.3 Å². The predicted octanol–water partition coefficient (Wildman–Crippen LogP) is 3.20. The third kappa shape index (κ3) is 3.65. The molecule has 26 heavy (non-hydrogen) atoms. The average Bonchev–Trinajstić information content (AvgIpc) is 2.62. The molecule has 2 N–H and O–H groups in total. The van der Waals surface area contributed by atoms with Crippen molar-refractivity contribution >= 4 is 11.0 Å². The number of nitrogens with zero attached hydrogens (tertiary/aromatic N) is 1. The van der Waals surface area contributed by atoms with Gasteiger partial charge in [0.25, 0.3) is 0 Å². The van der Waals surface area contributed by atoms with Crippen LogP contribution in [-0.2, 0) is 0 Å². The molecule has 0 saturated carbocycles. The van der Waals surface area contributed by atoms with Crippen LogP contribution < -0.4 is 10.2 Å². The zero-order valence-corrected chi connectivity index (χ0v) is 14.7. The summed E-state index contributed by atoms with van der Waals surface area (Å²) in [6, 6.07) is 11.7. The Bertz CT molecular complexity index is 963. The number of hydrogen-bond donors (Lipinski definition) is 2. The third-order valence-corrected chi connectivity index (χ3v) is 3.98. The maximum absolute atomic E-state index is 12.5. The van der Waals surface area contributed by atoms with E-state index in [0.29, 0.717) is 17.9 Å². The van der Waals surface area contributed by atoms with Crippen molar-refractivity contribution in [3.05, 3.63) is 52.7 Å². The molecule has 0 aliphatic heterocycles. The molecule has 0 spiro atoms. The lowest BCUT2D eigenvalue weighted by molar-refractivity contribution is 0.280. The molecule has 0 aliphatic carbocycles. The third-order valence-electron chi connectivity index (χ3n) is 3.98. The van der Waals surface area contributed by atoms with Crippen LogP contribution in [0.4, 0.5) is 0 Å². The Morgan fingerprint density at radius 1 is 1.12 bits per heavy atom. The van der Waals surface area contributed by atoms with Crippen LogP contribution in [0.1, 0.15) is 6.42 Å². The first kappa shape index (κ1) is 17.8. The second-order valence-corrected chi connectivity index (χ2v) is 6.30. The number of hydrogen-bond acceptors (Lipinski definition) is 6. The van der Waals surface area contributed by atoms with Gasteiger partial charge in [-0.25, -0.2) is 0 Å². The highest BCUT2D eigenvalue weighted by Crippen LogP contribution is 2.35. The van der Waals surface area contributed by atoms with Crippen LogP contribution >= 0.6 is 0 Å². The number of phenols is 1. The van der Waals surface area contributed by atoms with Crippen LogP contribution in [0, 0.1) is 0 Å². The standard InChI is InChI=1S/C20H21NO5/c1-21(2)9-6-10-25-14-11-15(22)17-16(12-14)26-20(19(24)18(17)23)13-7-4-3-5-8-13/h3-5,7-8,11-12,22,24H,6,9-10H2,1-2H3. The first-order valence-corrected chi connectivity index (χ1v) is 8.33. The minimum atomic E-state index is -0.679. The van der Waals surface area contributed by atoms with E-state index in [4.69, 9.17) is 9.15 Å². The zero-order valence-electron chi connectivity index (χ0n) is 14.7. The Balaban J connectivity index is 2.00. The van der Waals surface area contributed by atoms with Gasteiger partial charge in [-0.05, 0) is 20.5 Å². The highest BCUT2D eigenvalue weighted by Gasteiger charge is 2.18. The molecular weight excluding hydrogens is 334 g/mol. The molecule has 0 aliphatic rings. The Hall–Kier alpha value is -2.99. The summed E-state index contributed by atoms with van der Waals surface area (Å²) in [6.07, 6.45) is 0.820. The van der Waals surface area contributed by atoms with E-state index in [9.17, 15) is 15.0 Å². The summed E-state index contributed by atoms with van der Waals surface area (Å²) in [5.74, 6) is -0.346. The predicted molar refractivity (Wildman–Crippen MR) is 99.9 cm³/mol. The maximum atomic E-state index is 12.5. The van der Waals surface area contributed by atoms with Crippen LogP contribution in [0.15, 0.2) is 51.7 Å². The molecule has 0 unspecified atom stereocenters. The van der Waals surface area contributed by atoms with Gasteiger partial charge < -0.3 is 24.3 Å². The molecule has 0 saturated heterocycles. The average molecular weight is 355 g/mol. The molecule has 3 rings (SSSR count). The zero-order chi connectivity index (χ0) is 18.7. The number of fused-ring (bicyclic) bond motifs is 1. The summed E-state index contributed by atoms with van der Waals surface area (Å²) in [5.41, 5.74) is 0.0526. The highest BCUT2D eigenvalue weighted by molar-refractivity contribution is 5.88. The monoisotopic (exact) mass is 355 g/mol. The second-order valence-electron chi connectivity index (χ2n) is 6.30. The fourth-order valence-electron chi connectivity index (χ4n) is 2.70. The first-order chi connectivity index (χ1) is 12.5. The van der Waals surface area contributed by atoms with Crippen LogP contribution in [0.5, 0.6) is 17.2 Å². The van der Waals surface area contributed by atoms with Gasteiger partial charge in [0.2, 0.25) is 11.2 Å². The Morgan fingerprint density at radius 3 is 2.54 bits per heavy atom. The lowest BCUT2D eigenvalue weighted by atomic mass is 10.1. The van der Waals surface area contributed by atoms with Crippen molar-refractivity contribution in [2.45, 2.75) is 6.42 Å². The van der Waals surface area contributed by atoms with Gasteiger partial charge in [-0.15, -0.1) is 0 Å². The van der Waals surface area contributed by atoms with Gasteiger partial charge in [0.1, 0.15) is 22.5 Å². The lowest BCUT2D eigenvalue weighted by Crippen LogP contribution is -2.15. The summed E-state index contributed by atoms with van der Waals surface area (Å²) in [4.78, 5) is 14.5. The SMILES string of the molecule is CN(C)CCCOc1cc(O)c2c(=O)c(O)c(-c3ccccc3)oc2c1. The molecule has 0 amide bonds. The van der Waals surface area contributed by atoms with E-state index >= 15 is 0 Å². The van der Waals surface area contributed by atoms with Crippen LogP contribution in [0.25, 0.3) is 22.3 Å². The van der Waals surface area contributed by atoms with E-state index in [1.165, 1.54) is 6.07 Å². The number of ether oxygens (including phenoxy) is 1. The van der Waals surface area contributed by atoms with Crippen molar-refractivity contribution in [1.82, 2.24) is 4.90 Å². The van der Waals surface area contributed by atoms with Crippen molar-refractivity contribution in [1.29, 1.82) is 0 Å². The van der Waals surface area contributed by atoms with Crippen molar-refractivity contribution in [3.63, 3.8) is 0 Å². The molecule has 6 heteroatoms. The summed E-state index contributed by atoms with van der Waals surface area (Å²) in [7, 11) is 3.96. The Morgan fingerprint density at radius 2 is 1.85 bits per heavy atom. The first-order valence-electron chi connectivity index (χ1n) is 8.33. The molecular formula is C20H21NO5. The molecule has 0 bridgehead atoms. The number of phenolic OH excluding ortho intramolecular Hbond substituents is 1. The van der Waals surface area contributed by atoms with Gasteiger partial charge in [-0.3, -0.25) is 4.79 Å². The molecule has 0 atom stereocenters. The largest absolute Gasteiger partial charge is 0.507 e. The smallest absolute Gasteiger partial charge is 0.238 e. The molecule has 6 nitrogen and oxygen atoms in total. The lowest BCUT2D eigenvalue weighted by Gasteiger charge is -2.12. The van der Waals surface area contributed by atoms with Crippen molar-refractivity contribution in [2.24, 2.45) is 0 Å². The molecule has 1 aromatic heterocycles. The summed E-state index contributed by atoms with van der Waals surface area (Å²) < 4.78 is 11.4. The molecule has 0 radical (unpaired) electrons. The maximum Gasteiger partial charge on any atom is 0.238 e. The van der Waals surface area contributed by atoms with Gasteiger partial charge in [0.05, 0.1) is 6.61 Å². The number of rotatable bonds is 6.